The third-order valence-electron chi connectivity index (χ3n) is 4.38. The fraction of sp³-hybridized carbons (Fsp3) is 0.217. The molecule has 29 heavy (non-hydrogen) atoms. The molecule has 6 heteroatoms. The molecule has 1 N–H and O–H groups in total. The maximum atomic E-state index is 6.25. The fourth-order valence-corrected chi connectivity index (χ4v) is 3.75. The minimum Gasteiger partial charge on any atom is -0.490 e. The van der Waals surface area contributed by atoms with Crippen molar-refractivity contribution in [3.05, 3.63) is 85.8 Å². The van der Waals surface area contributed by atoms with E-state index in [1.54, 1.807) is 12.1 Å². The smallest absolute Gasteiger partial charge is 0.162 e. The highest BCUT2D eigenvalue weighted by atomic mass is 79.9. The summed E-state index contributed by atoms with van der Waals surface area (Å²) in [6, 6.07) is 17.6. The highest BCUT2D eigenvalue weighted by molar-refractivity contribution is 9.10. The molecule has 0 spiro atoms. The van der Waals surface area contributed by atoms with Gasteiger partial charge in [0.05, 0.1) is 6.61 Å². The van der Waals surface area contributed by atoms with E-state index >= 15 is 0 Å². The van der Waals surface area contributed by atoms with E-state index in [-0.39, 0.29) is 6.61 Å². The molecule has 0 aliphatic carbocycles. The Kier molecular flexibility index (Phi) is 7.70. The van der Waals surface area contributed by atoms with E-state index < -0.39 is 0 Å². The van der Waals surface area contributed by atoms with E-state index in [9.17, 15) is 0 Å². The van der Waals surface area contributed by atoms with Crippen molar-refractivity contribution < 1.29 is 9.47 Å². The van der Waals surface area contributed by atoms with Crippen molar-refractivity contribution in [3.8, 4) is 11.5 Å². The number of benzene rings is 3. The van der Waals surface area contributed by atoms with E-state index in [1.165, 1.54) is 5.56 Å². The van der Waals surface area contributed by atoms with Crippen LogP contribution in [0.3, 0.4) is 0 Å². The van der Waals surface area contributed by atoms with Gasteiger partial charge in [-0.3, -0.25) is 0 Å². The molecule has 0 fully saturated rings. The second-order valence-electron chi connectivity index (χ2n) is 6.53. The summed E-state index contributed by atoms with van der Waals surface area (Å²) in [5.74, 6) is 1.31. The van der Waals surface area contributed by atoms with Gasteiger partial charge in [0.15, 0.2) is 11.5 Å². The summed E-state index contributed by atoms with van der Waals surface area (Å²) in [6.45, 7) is 5.46. The number of aryl methyl sites for hydroxylation is 1. The van der Waals surface area contributed by atoms with Gasteiger partial charge in [0, 0.05) is 32.3 Å². The van der Waals surface area contributed by atoms with Gasteiger partial charge in [0.2, 0.25) is 0 Å². The lowest BCUT2D eigenvalue weighted by atomic mass is 10.1. The quantitative estimate of drug-likeness (QED) is 0.348. The van der Waals surface area contributed by atoms with Crippen LogP contribution >= 0.6 is 39.1 Å². The molecular weight excluding hydrogens is 473 g/mol. The van der Waals surface area contributed by atoms with Crippen molar-refractivity contribution in [3.63, 3.8) is 0 Å². The predicted molar refractivity (Wildman–Crippen MR) is 125 cm³/mol. The number of rotatable bonds is 8. The molecule has 0 saturated heterocycles. The highest BCUT2D eigenvalue weighted by Gasteiger charge is 2.13. The first-order valence-electron chi connectivity index (χ1n) is 9.29. The summed E-state index contributed by atoms with van der Waals surface area (Å²) in [4.78, 5) is 0. The van der Waals surface area contributed by atoms with Gasteiger partial charge in [0.25, 0.3) is 0 Å². The van der Waals surface area contributed by atoms with Gasteiger partial charge in [-0.05, 0) is 55.8 Å². The Bertz CT molecular complexity index is 957. The Hall–Kier alpha value is -1.88. The molecule has 0 bridgehead atoms. The average Bonchev–Trinajstić information content (AvgIpc) is 2.69. The molecule has 152 valence electrons. The first-order chi connectivity index (χ1) is 14.0. The SMILES string of the molecule is CCOc1cc(CNc2ccc(C)cc2)c(Br)cc1OCc1c(Cl)cccc1Cl. The van der Waals surface area contributed by atoms with Crippen LogP contribution in [-0.2, 0) is 13.2 Å². The lowest BCUT2D eigenvalue weighted by Gasteiger charge is -2.16. The minimum absolute atomic E-state index is 0.256. The maximum absolute atomic E-state index is 6.25. The van der Waals surface area contributed by atoms with Crippen molar-refractivity contribution >= 4 is 44.8 Å². The monoisotopic (exact) mass is 493 g/mol. The molecule has 0 radical (unpaired) electrons. The number of hydrogen-bond acceptors (Lipinski definition) is 3. The van der Waals surface area contributed by atoms with Crippen LogP contribution in [0, 0.1) is 6.92 Å². The zero-order valence-electron chi connectivity index (χ0n) is 16.3. The zero-order chi connectivity index (χ0) is 20.8. The number of nitrogens with one attached hydrogen (secondary N) is 1. The summed E-state index contributed by atoms with van der Waals surface area (Å²) >= 11 is 16.1. The molecule has 0 aromatic heterocycles. The molecule has 0 saturated carbocycles. The maximum Gasteiger partial charge on any atom is 0.162 e. The van der Waals surface area contributed by atoms with E-state index in [2.05, 4.69) is 52.4 Å². The Balaban J connectivity index is 1.77. The van der Waals surface area contributed by atoms with Crippen LogP contribution in [0.25, 0.3) is 0 Å². The third-order valence-corrected chi connectivity index (χ3v) is 5.83. The van der Waals surface area contributed by atoms with Gasteiger partial charge in [0.1, 0.15) is 6.61 Å². The second kappa shape index (κ2) is 10.2. The fourth-order valence-electron chi connectivity index (χ4n) is 2.78. The van der Waals surface area contributed by atoms with Gasteiger partial charge >= 0.3 is 0 Å². The van der Waals surface area contributed by atoms with E-state index in [0.29, 0.717) is 34.7 Å². The lowest BCUT2D eigenvalue weighted by molar-refractivity contribution is 0.269. The molecule has 3 rings (SSSR count). The summed E-state index contributed by atoms with van der Waals surface area (Å²) in [5.41, 5.74) is 4.11. The van der Waals surface area contributed by atoms with Crippen LogP contribution in [-0.4, -0.2) is 6.61 Å². The summed E-state index contributed by atoms with van der Waals surface area (Å²) in [5, 5.41) is 4.58. The van der Waals surface area contributed by atoms with Crippen molar-refractivity contribution in [1.29, 1.82) is 0 Å². The second-order valence-corrected chi connectivity index (χ2v) is 8.20. The third kappa shape index (κ3) is 5.81. The van der Waals surface area contributed by atoms with Crippen LogP contribution < -0.4 is 14.8 Å². The van der Waals surface area contributed by atoms with Crippen molar-refractivity contribution in [2.24, 2.45) is 0 Å². The van der Waals surface area contributed by atoms with Crippen LogP contribution in [0.15, 0.2) is 59.1 Å². The van der Waals surface area contributed by atoms with Crippen LogP contribution in [0.4, 0.5) is 5.69 Å². The summed E-state index contributed by atoms with van der Waals surface area (Å²) in [6.07, 6.45) is 0. The first kappa shape index (κ1) is 21.8. The normalized spacial score (nSPS) is 10.7. The van der Waals surface area contributed by atoms with Crippen LogP contribution in [0.2, 0.25) is 10.0 Å². The number of hydrogen-bond donors (Lipinski definition) is 1. The van der Waals surface area contributed by atoms with Gasteiger partial charge in [-0.2, -0.15) is 0 Å². The number of ether oxygens (including phenoxy) is 2. The van der Waals surface area contributed by atoms with Crippen LogP contribution in [0.5, 0.6) is 11.5 Å². The van der Waals surface area contributed by atoms with Gasteiger partial charge in [-0.25, -0.2) is 0 Å². The number of anilines is 1. The molecule has 0 heterocycles. The van der Waals surface area contributed by atoms with Gasteiger partial charge in [-0.1, -0.05) is 62.9 Å². The average molecular weight is 495 g/mol. The van der Waals surface area contributed by atoms with Crippen molar-refractivity contribution in [2.75, 3.05) is 11.9 Å². The lowest BCUT2D eigenvalue weighted by Crippen LogP contribution is -2.04. The Morgan fingerprint density at radius 3 is 2.24 bits per heavy atom. The molecule has 3 nitrogen and oxygen atoms in total. The van der Waals surface area contributed by atoms with E-state index in [4.69, 9.17) is 32.7 Å². The zero-order valence-corrected chi connectivity index (χ0v) is 19.4. The van der Waals surface area contributed by atoms with Gasteiger partial charge in [-0.15, -0.1) is 0 Å². The highest BCUT2D eigenvalue weighted by Crippen LogP contribution is 2.36. The molecule has 0 atom stereocenters. The van der Waals surface area contributed by atoms with Gasteiger partial charge < -0.3 is 14.8 Å². The molecule has 0 aliphatic rings. The molecule has 0 amide bonds. The first-order valence-corrected chi connectivity index (χ1v) is 10.8. The van der Waals surface area contributed by atoms with Crippen molar-refractivity contribution in [1.82, 2.24) is 0 Å². The van der Waals surface area contributed by atoms with E-state index in [1.807, 2.05) is 25.1 Å². The molecule has 3 aromatic rings. The Labute approximate surface area is 190 Å². The molecular formula is C23H22BrCl2NO2. The summed E-state index contributed by atoms with van der Waals surface area (Å²) < 4.78 is 12.7. The minimum atomic E-state index is 0.256. The summed E-state index contributed by atoms with van der Waals surface area (Å²) in [7, 11) is 0. The predicted octanol–water partition coefficient (Wildman–Crippen LogP) is 7.65. The largest absolute Gasteiger partial charge is 0.490 e. The van der Waals surface area contributed by atoms with Crippen molar-refractivity contribution in [2.45, 2.75) is 27.0 Å². The molecule has 0 aliphatic heterocycles. The van der Waals surface area contributed by atoms with E-state index in [0.717, 1.165) is 21.3 Å². The Morgan fingerprint density at radius 2 is 1.59 bits per heavy atom. The van der Waals surface area contributed by atoms with Crippen LogP contribution in [0.1, 0.15) is 23.6 Å². The standard InChI is InChI=1S/C23H22BrCl2NO2/c1-3-28-22-11-16(13-27-17-9-7-15(2)8-10-17)19(24)12-23(22)29-14-18-20(25)5-4-6-21(18)26/h4-12,27H,3,13-14H2,1-2H3. The molecule has 0 unspecified atom stereocenters. The molecule has 3 aromatic carbocycles. The number of halogens is 3. The Morgan fingerprint density at radius 1 is 0.931 bits per heavy atom. The topological polar surface area (TPSA) is 30.5 Å².